The van der Waals surface area contributed by atoms with Gasteiger partial charge in [-0.25, -0.2) is 4.79 Å². The number of benzene rings is 1. The Morgan fingerprint density at radius 2 is 1.80 bits per heavy atom. The predicted octanol–water partition coefficient (Wildman–Crippen LogP) is 3.26. The molecule has 0 bridgehead atoms. The van der Waals surface area contributed by atoms with Gasteiger partial charge >= 0.3 is 6.03 Å². The second kappa shape index (κ2) is 6.41. The molecule has 3 amide bonds. The van der Waals surface area contributed by atoms with Crippen molar-refractivity contribution >= 4 is 23.3 Å². The lowest BCUT2D eigenvalue weighted by molar-refractivity contribution is -0.115. The third-order valence-electron chi connectivity index (χ3n) is 2.58. The van der Waals surface area contributed by atoms with E-state index in [0.29, 0.717) is 17.8 Å². The summed E-state index contributed by atoms with van der Waals surface area (Å²) in [5.41, 5.74) is 1.99. The van der Waals surface area contributed by atoms with Crippen LogP contribution in [0.3, 0.4) is 0 Å². The maximum atomic E-state index is 11.9. The molecule has 1 rings (SSSR count). The zero-order valence-corrected chi connectivity index (χ0v) is 12.8. The van der Waals surface area contributed by atoms with Crippen molar-refractivity contribution < 1.29 is 9.59 Å². The number of urea groups is 1. The smallest absolute Gasteiger partial charge is 0.319 e. The summed E-state index contributed by atoms with van der Waals surface area (Å²) >= 11 is 0. The molecule has 5 heteroatoms. The van der Waals surface area contributed by atoms with Gasteiger partial charge in [-0.15, -0.1) is 0 Å². The van der Waals surface area contributed by atoms with Gasteiger partial charge in [0.1, 0.15) is 0 Å². The van der Waals surface area contributed by atoms with E-state index in [2.05, 4.69) is 16.0 Å². The largest absolute Gasteiger partial charge is 0.333 e. The van der Waals surface area contributed by atoms with E-state index in [1.165, 1.54) is 0 Å². The number of hydrogen-bond donors (Lipinski definition) is 3. The Morgan fingerprint density at radius 1 is 1.15 bits per heavy atom. The van der Waals surface area contributed by atoms with Gasteiger partial charge in [0.25, 0.3) is 0 Å². The minimum atomic E-state index is -0.300. The van der Waals surface area contributed by atoms with Gasteiger partial charge in [-0.3, -0.25) is 4.79 Å². The molecule has 0 atom stereocenters. The van der Waals surface area contributed by atoms with Crippen LogP contribution in [0.1, 0.15) is 39.7 Å². The van der Waals surface area contributed by atoms with Crippen molar-refractivity contribution in [3.05, 3.63) is 23.8 Å². The average molecular weight is 277 g/mol. The summed E-state index contributed by atoms with van der Waals surface area (Å²) in [4.78, 5) is 23.2. The van der Waals surface area contributed by atoms with Crippen LogP contribution in [-0.2, 0) is 4.79 Å². The first-order valence-electron chi connectivity index (χ1n) is 6.71. The predicted molar refractivity (Wildman–Crippen MR) is 82.0 cm³/mol. The topological polar surface area (TPSA) is 70.2 Å². The lowest BCUT2D eigenvalue weighted by atomic mass is 10.1. The number of anilines is 2. The van der Waals surface area contributed by atoms with Crippen molar-refractivity contribution in [2.45, 2.75) is 46.6 Å². The van der Waals surface area contributed by atoms with E-state index in [1.54, 1.807) is 13.0 Å². The van der Waals surface area contributed by atoms with Crippen molar-refractivity contribution in [3.63, 3.8) is 0 Å². The van der Waals surface area contributed by atoms with Gasteiger partial charge in [0, 0.05) is 23.3 Å². The normalized spacial score (nSPS) is 10.8. The minimum Gasteiger partial charge on any atom is -0.333 e. The van der Waals surface area contributed by atoms with Crippen LogP contribution in [-0.4, -0.2) is 17.5 Å². The molecule has 1 aromatic carbocycles. The van der Waals surface area contributed by atoms with Crippen molar-refractivity contribution in [3.8, 4) is 0 Å². The number of rotatable bonds is 3. The Labute approximate surface area is 120 Å². The standard InChI is InChI=1S/C15H23N3O2/c1-6-13(19)16-11-8-7-10(2)12(9-11)17-14(20)18-15(3,4)5/h7-9H,6H2,1-5H3,(H,16,19)(H2,17,18,20). The molecule has 0 aliphatic rings. The molecule has 0 saturated heterocycles. The third kappa shape index (κ3) is 5.30. The maximum absolute atomic E-state index is 11.9. The van der Waals surface area contributed by atoms with Gasteiger partial charge in [-0.1, -0.05) is 13.0 Å². The Morgan fingerprint density at radius 3 is 2.35 bits per heavy atom. The van der Waals surface area contributed by atoms with Crippen LogP contribution < -0.4 is 16.0 Å². The van der Waals surface area contributed by atoms with Crippen molar-refractivity contribution in [2.75, 3.05) is 10.6 Å². The zero-order valence-electron chi connectivity index (χ0n) is 12.8. The number of nitrogens with one attached hydrogen (secondary N) is 3. The fourth-order valence-corrected chi connectivity index (χ4v) is 1.58. The van der Waals surface area contributed by atoms with E-state index in [-0.39, 0.29) is 17.5 Å². The van der Waals surface area contributed by atoms with Gasteiger partial charge < -0.3 is 16.0 Å². The molecule has 1 aromatic rings. The first kappa shape index (κ1) is 16.0. The molecule has 20 heavy (non-hydrogen) atoms. The van der Waals surface area contributed by atoms with E-state index in [1.807, 2.05) is 39.8 Å². The SMILES string of the molecule is CCC(=O)Nc1ccc(C)c(NC(=O)NC(C)(C)C)c1. The van der Waals surface area contributed by atoms with Crippen LogP contribution in [0, 0.1) is 6.92 Å². The Bertz CT molecular complexity index is 504. The monoisotopic (exact) mass is 277 g/mol. The summed E-state index contributed by atoms with van der Waals surface area (Å²) in [7, 11) is 0. The van der Waals surface area contributed by atoms with Crippen molar-refractivity contribution in [1.82, 2.24) is 5.32 Å². The molecule has 3 N–H and O–H groups in total. The lowest BCUT2D eigenvalue weighted by Crippen LogP contribution is -2.43. The Hall–Kier alpha value is -2.04. The van der Waals surface area contributed by atoms with Crippen LogP contribution in [0.4, 0.5) is 16.2 Å². The summed E-state index contributed by atoms with van der Waals surface area (Å²) < 4.78 is 0. The summed E-state index contributed by atoms with van der Waals surface area (Å²) in [5, 5.41) is 8.40. The number of aryl methyl sites for hydroxylation is 1. The molecular formula is C15H23N3O2. The summed E-state index contributed by atoms with van der Waals surface area (Å²) in [6.07, 6.45) is 0.418. The Kier molecular flexibility index (Phi) is 5.13. The quantitative estimate of drug-likeness (QED) is 0.793. The third-order valence-corrected chi connectivity index (χ3v) is 2.58. The fourth-order valence-electron chi connectivity index (χ4n) is 1.58. The van der Waals surface area contributed by atoms with E-state index >= 15 is 0 Å². The first-order chi connectivity index (χ1) is 9.21. The molecule has 0 aromatic heterocycles. The van der Waals surface area contributed by atoms with Gasteiger partial charge in [-0.05, 0) is 45.4 Å². The minimum absolute atomic E-state index is 0.0565. The summed E-state index contributed by atoms with van der Waals surface area (Å²) in [6.45, 7) is 9.43. The molecule has 0 fully saturated rings. The average Bonchev–Trinajstić information content (AvgIpc) is 2.30. The molecule has 0 spiro atoms. The van der Waals surface area contributed by atoms with Crippen molar-refractivity contribution in [1.29, 1.82) is 0 Å². The molecular weight excluding hydrogens is 254 g/mol. The molecule has 0 aliphatic heterocycles. The second-order valence-corrected chi connectivity index (χ2v) is 5.76. The van der Waals surface area contributed by atoms with Crippen LogP contribution in [0.15, 0.2) is 18.2 Å². The Balaban J connectivity index is 2.81. The molecule has 0 aliphatic carbocycles. The maximum Gasteiger partial charge on any atom is 0.319 e. The van der Waals surface area contributed by atoms with E-state index in [9.17, 15) is 9.59 Å². The van der Waals surface area contributed by atoms with Gasteiger partial charge in [-0.2, -0.15) is 0 Å². The lowest BCUT2D eigenvalue weighted by Gasteiger charge is -2.21. The number of carbonyl (C=O) groups excluding carboxylic acids is 2. The molecule has 0 heterocycles. The van der Waals surface area contributed by atoms with E-state index in [4.69, 9.17) is 0 Å². The number of hydrogen-bond acceptors (Lipinski definition) is 2. The van der Waals surface area contributed by atoms with Crippen LogP contribution in [0.5, 0.6) is 0 Å². The molecule has 0 unspecified atom stereocenters. The highest BCUT2D eigenvalue weighted by Gasteiger charge is 2.14. The van der Waals surface area contributed by atoms with Gasteiger partial charge in [0.2, 0.25) is 5.91 Å². The van der Waals surface area contributed by atoms with Gasteiger partial charge in [0.15, 0.2) is 0 Å². The zero-order chi connectivity index (χ0) is 15.3. The van der Waals surface area contributed by atoms with Crippen LogP contribution in [0.25, 0.3) is 0 Å². The highest BCUT2D eigenvalue weighted by atomic mass is 16.2. The van der Waals surface area contributed by atoms with Gasteiger partial charge in [0.05, 0.1) is 0 Å². The van der Waals surface area contributed by atoms with E-state index < -0.39 is 0 Å². The fraction of sp³-hybridized carbons (Fsp3) is 0.467. The van der Waals surface area contributed by atoms with E-state index in [0.717, 1.165) is 5.56 Å². The molecule has 5 nitrogen and oxygen atoms in total. The van der Waals surface area contributed by atoms with Crippen LogP contribution in [0.2, 0.25) is 0 Å². The van der Waals surface area contributed by atoms with Crippen molar-refractivity contribution in [2.24, 2.45) is 0 Å². The summed E-state index contributed by atoms with van der Waals surface area (Å²) in [6, 6.07) is 5.17. The number of amides is 3. The molecule has 0 saturated carbocycles. The molecule has 0 radical (unpaired) electrons. The van der Waals surface area contributed by atoms with Crippen LogP contribution >= 0.6 is 0 Å². The molecule has 110 valence electrons. The highest BCUT2D eigenvalue weighted by Crippen LogP contribution is 2.20. The summed E-state index contributed by atoms with van der Waals surface area (Å²) in [5.74, 6) is -0.0565. The first-order valence-corrected chi connectivity index (χ1v) is 6.71. The highest BCUT2D eigenvalue weighted by molar-refractivity contribution is 5.94. The number of carbonyl (C=O) groups is 2. The second-order valence-electron chi connectivity index (χ2n) is 5.76.